The van der Waals surface area contributed by atoms with Crippen LogP contribution in [0.15, 0.2) is 6.20 Å². The van der Waals surface area contributed by atoms with Gasteiger partial charge < -0.3 is 10.6 Å². The molecule has 0 aromatic carbocycles. The van der Waals surface area contributed by atoms with Gasteiger partial charge in [0.15, 0.2) is 0 Å². The lowest BCUT2D eigenvalue weighted by Crippen LogP contribution is -2.30. The highest BCUT2D eigenvalue weighted by Crippen LogP contribution is 2.09. The Labute approximate surface area is 76.9 Å². The average Bonchev–Trinajstić information content (AvgIpc) is 2.53. The van der Waals surface area contributed by atoms with E-state index in [1.54, 1.807) is 4.90 Å². The highest BCUT2D eigenvalue weighted by Gasteiger charge is 2.16. The molecule has 0 aliphatic rings. The van der Waals surface area contributed by atoms with Gasteiger partial charge in [0.1, 0.15) is 11.4 Å². The zero-order valence-corrected chi connectivity index (χ0v) is 7.87. The minimum Gasteiger partial charge on any atom is -0.383 e. The van der Waals surface area contributed by atoms with Crippen LogP contribution in [0.3, 0.4) is 0 Å². The predicted octanol–water partition coefficient (Wildman–Crippen LogP) is 0.474. The van der Waals surface area contributed by atoms with Gasteiger partial charge in [-0.1, -0.05) is 0 Å². The van der Waals surface area contributed by atoms with Crippen LogP contribution in [0, 0.1) is 0 Å². The van der Waals surface area contributed by atoms with Gasteiger partial charge >= 0.3 is 0 Å². The second kappa shape index (κ2) is 3.93. The number of nitrogen functional groups attached to an aromatic ring is 1. The minimum atomic E-state index is -0.0729. The van der Waals surface area contributed by atoms with Gasteiger partial charge in [-0.3, -0.25) is 9.89 Å². The molecule has 5 nitrogen and oxygen atoms in total. The average molecular weight is 182 g/mol. The first kappa shape index (κ1) is 9.57. The zero-order chi connectivity index (χ0) is 9.84. The molecule has 1 aromatic heterocycles. The maximum absolute atomic E-state index is 11.7. The smallest absolute Gasteiger partial charge is 0.259 e. The topological polar surface area (TPSA) is 75.0 Å². The van der Waals surface area contributed by atoms with Crippen molar-refractivity contribution in [3.63, 3.8) is 0 Å². The van der Waals surface area contributed by atoms with Gasteiger partial charge in [0.2, 0.25) is 0 Å². The van der Waals surface area contributed by atoms with Crippen molar-refractivity contribution in [3.05, 3.63) is 11.8 Å². The van der Waals surface area contributed by atoms with Crippen LogP contribution in [-0.2, 0) is 0 Å². The lowest BCUT2D eigenvalue weighted by atomic mass is 10.3. The first-order valence-corrected chi connectivity index (χ1v) is 4.28. The molecule has 72 valence electrons. The first-order chi connectivity index (χ1) is 6.20. The standard InChI is InChI=1S/C8H14N4O/c1-3-12(4-2)8(13)6-5-10-11-7(6)9/h5H,3-4H2,1-2H3,(H3,9,10,11). The molecule has 13 heavy (non-hydrogen) atoms. The fraction of sp³-hybridized carbons (Fsp3) is 0.500. The van der Waals surface area contributed by atoms with Gasteiger partial charge in [-0.05, 0) is 13.8 Å². The molecule has 0 spiro atoms. The molecule has 0 aliphatic carbocycles. The number of nitrogens with two attached hydrogens (primary N) is 1. The van der Waals surface area contributed by atoms with Crippen LogP contribution >= 0.6 is 0 Å². The van der Waals surface area contributed by atoms with E-state index in [-0.39, 0.29) is 5.91 Å². The SMILES string of the molecule is CCN(CC)C(=O)c1cn[nH]c1N. The van der Waals surface area contributed by atoms with E-state index in [9.17, 15) is 4.79 Å². The van der Waals surface area contributed by atoms with Crippen LogP contribution in [0.1, 0.15) is 24.2 Å². The number of anilines is 1. The molecule has 0 saturated carbocycles. The van der Waals surface area contributed by atoms with Gasteiger partial charge in [0.25, 0.3) is 5.91 Å². The Hall–Kier alpha value is -1.52. The Balaban J connectivity index is 2.84. The number of hydrogen-bond acceptors (Lipinski definition) is 3. The van der Waals surface area contributed by atoms with Gasteiger partial charge in [-0.15, -0.1) is 0 Å². The van der Waals surface area contributed by atoms with Crippen LogP contribution < -0.4 is 5.73 Å². The van der Waals surface area contributed by atoms with Crippen LogP contribution in [0.25, 0.3) is 0 Å². The largest absolute Gasteiger partial charge is 0.383 e. The van der Waals surface area contributed by atoms with E-state index < -0.39 is 0 Å². The van der Waals surface area contributed by atoms with E-state index in [0.717, 1.165) is 0 Å². The molecule has 0 unspecified atom stereocenters. The monoisotopic (exact) mass is 182 g/mol. The molecule has 3 N–H and O–H groups in total. The summed E-state index contributed by atoms with van der Waals surface area (Å²) in [6.07, 6.45) is 1.45. The van der Waals surface area contributed by atoms with E-state index in [2.05, 4.69) is 10.2 Å². The third-order valence-corrected chi connectivity index (χ3v) is 1.95. The van der Waals surface area contributed by atoms with E-state index in [0.29, 0.717) is 24.5 Å². The Morgan fingerprint density at radius 2 is 2.23 bits per heavy atom. The van der Waals surface area contributed by atoms with E-state index in [1.165, 1.54) is 6.20 Å². The molecule has 0 saturated heterocycles. The van der Waals surface area contributed by atoms with Crippen molar-refractivity contribution < 1.29 is 4.79 Å². The third-order valence-electron chi connectivity index (χ3n) is 1.95. The lowest BCUT2D eigenvalue weighted by Gasteiger charge is -2.17. The maximum Gasteiger partial charge on any atom is 0.259 e. The quantitative estimate of drug-likeness (QED) is 0.713. The predicted molar refractivity (Wildman–Crippen MR) is 50.3 cm³/mol. The summed E-state index contributed by atoms with van der Waals surface area (Å²) in [4.78, 5) is 13.4. The number of rotatable bonds is 3. The highest BCUT2D eigenvalue weighted by atomic mass is 16.2. The summed E-state index contributed by atoms with van der Waals surface area (Å²) in [6.45, 7) is 5.22. The van der Waals surface area contributed by atoms with Crippen molar-refractivity contribution in [3.8, 4) is 0 Å². The van der Waals surface area contributed by atoms with Crippen molar-refractivity contribution in [2.45, 2.75) is 13.8 Å². The van der Waals surface area contributed by atoms with Crippen LogP contribution in [0.2, 0.25) is 0 Å². The van der Waals surface area contributed by atoms with Crippen molar-refractivity contribution in [2.24, 2.45) is 0 Å². The van der Waals surface area contributed by atoms with Gasteiger partial charge in [0, 0.05) is 13.1 Å². The van der Waals surface area contributed by atoms with Crippen LogP contribution in [0.5, 0.6) is 0 Å². The fourth-order valence-corrected chi connectivity index (χ4v) is 1.15. The summed E-state index contributed by atoms with van der Waals surface area (Å²) >= 11 is 0. The Morgan fingerprint density at radius 3 is 2.62 bits per heavy atom. The van der Waals surface area contributed by atoms with E-state index in [1.807, 2.05) is 13.8 Å². The first-order valence-electron chi connectivity index (χ1n) is 4.28. The van der Waals surface area contributed by atoms with Crippen molar-refractivity contribution >= 4 is 11.7 Å². The van der Waals surface area contributed by atoms with Gasteiger partial charge in [-0.2, -0.15) is 5.10 Å². The van der Waals surface area contributed by atoms with Crippen molar-refractivity contribution in [1.29, 1.82) is 0 Å². The molecular weight excluding hydrogens is 168 g/mol. The molecular formula is C8H14N4O. The summed E-state index contributed by atoms with van der Waals surface area (Å²) in [6, 6.07) is 0. The minimum absolute atomic E-state index is 0.0729. The summed E-state index contributed by atoms with van der Waals surface area (Å²) in [5.74, 6) is 0.258. The Bertz CT molecular complexity index is 290. The third kappa shape index (κ3) is 1.80. The summed E-state index contributed by atoms with van der Waals surface area (Å²) in [5.41, 5.74) is 5.97. The Kier molecular flexibility index (Phi) is 2.89. The van der Waals surface area contributed by atoms with Crippen molar-refractivity contribution in [1.82, 2.24) is 15.1 Å². The molecule has 0 aliphatic heterocycles. The molecule has 0 atom stereocenters. The van der Waals surface area contributed by atoms with Gasteiger partial charge in [-0.25, -0.2) is 0 Å². The number of hydrogen-bond donors (Lipinski definition) is 2. The molecule has 0 radical (unpaired) electrons. The normalized spacial score (nSPS) is 10.0. The molecule has 0 fully saturated rings. The zero-order valence-electron chi connectivity index (χ0n) is 7.87. The number of nitrogens with one attached hydrogen (secondary N) is 1. The van der Waals surface area contributed by atoms with Crippen LogP contribution in [0.4, 0.5) is 5.82 Å². The number of nitrogens with zero attached hydrogens (tertiary/aromatic N) is 2. The number of carbonyl (C=O) groups is 1. The van der Waals surface area contributed by atoms with E-state index in [4.69, 9.17) is 5.73 Å². The van der Waals surface area contributed by atoms with E-state index >= 15 is 0 Å². The number of carbonyl (C=O) groups excluding carboxylic acids is 1. The highest BCUT2D eigenvalue weighted by molar-refractivity contribution is 5.98. The molecule has 1 rings (SSSR count). The molecule has 5 heteroatoms. The molecule has 1 amide bonds. The number of amides is 1. The number of aromatic nitrogens is 2. The molecule has 0 bridgehead atoms. The second-order valence-corrected chi connectivity index (χ2v) is 2.67. The van der Waals surface area contributed by atoms with Gasteiger partial charge in [0.05, 0.1) is 6.20 Å². The number of aromatic amines is 1. The molecule has 1 aromatic rings. The maximum atomic E-state index is 11.7. The number of H-pyrrole nitrogens is 1. The summed E-state index contributed by atoms with van der Waals surface area (Å²) in [7, 11) is 0. The molecule has 1 heterocycles. The summed E-state index contributed by atoms with van der Waals surface area (Å²) in [5, 5.41) is 6.23. The fourth-order valence-electron chi connectivity index (χ4n) is 1.15. The lowest BCUT2D eigenvalue weighted by molar-refractivity contribution is 0.0774. The van der Waals surface area contributed by atoms with Crippen molar-refractivity contribution in [2.75, 3.05) is 18.8 Å². The second-order valence-electron chi connectivity index (χ2n) is 2.67. The van der Waals surface area contributed by atoms with Crippen LogP contribution in [-0.4, -0.2) is 34.1 Å². The Morgan fingerprint density at radius 1 is 1.62 bits per heavy atom. The summed E-state index contributed by atoms with van der Waals surface area (Å²) < 4.78 is 0.